The molecule has 2 N–H and O–H groups in total. The lowest BCUT2D eigenvalue weighted by Gasteiger charge is -2.07. The predicted molar refractivity (Wildman–Crippen MR) is 118 cm³/mol. The Labute approximate surface area is 166 Å². The highest BCUT2D eigenvalue weighted by molar-refractivity contribution is 6.59. The van der Waals surface area contributed by atoms with Crippen LogP contribution in [0.2, 0.25) is 0 Å². The van der Waals surface area contributed by atoms with Crippen molar-refractivity contribution in [2.75, 3.05) is 0 Å². The molecule has 0 fully saturated rings. The number of hydrogen-bond acceptors (Lipinski definition) is 3. The van der Waals surface area contributed by atoms with E-state index < -0.39 is 7.12 Å². The van der Waals surface area contributed by atoms with Gasteiger partial charge in [-0.1, -0.05) is 48.5 Å². The van der Waals surface area contributed by atoms with Gasteiger partial charge in [0.2, 0.25) is 0 Å². The first-order chi connectivity index (χ1) is 14.2. The minimum atomic E-state index is -1.52. The second kappa shape index (κ2) is 5.98. The molecule has 0 saturated carbocycles. The van der Waals surface area contributed by atoms with Crippen LogP contribution in [0.1, 0.15) is 0 Å². The van der Waals surface area contributed by atoms with Crippen molar-refractivity contribution in [1.82, 2.24) is 4.57 Å². The van der Waals surface area contributed by atoms with Gasteiger partial charge in [-0.2, -0.15) is 0 Å². The summed E-state index contributed by atoms with van der Waals surface area (Å²) in [5.74, 6) is 0. The zero-order valence-electron chi connectivity index (χ0n) is 15.4. The van der Waals surface area contributed by atoms with Gasteiger partial charge in [0.1, 0.15) is 11.2 Å². The van der Waals surface area contributed by atoms with E-state index in [1.54, 1.807) is 6.07 Å². The van der Waals surface area contributed by atoms with Crippen molar-refractivity contribution in [2.45, 2.75) is 0 Å². The Hall–Kier alpha value is -3.54. The van der Waals surface area contributed by atoms with Crippen LogP contribution in [0.3, 0.4) is 0 Å². The average molecular weight is 377 g/mol. The average Bonchev–Trinajstić information content (AvgIpc) is 3.29. The lowest BCUT2D eigenvalue weighted by Crippen LogP contribution is -2.29. The van der Waals surface area contributed by atoms with E-state index in [-0.39, 0.29) is 0 Å². The summed E-state index contributed by atoms with van der Waals surface area (Å²) < 4.78 is 8.47. The summed E-state index contributed by atoms with van der Waals surface area (Å²) in [5.41, 5.74) is 5.16. The fourth-order valence-corrected chi connectivity index (χ4v) is 4.32. The van der Waals surface area contributed by atoms with E-state index in [0.29, 0.717) is 5.46 Å². The van der Waals surface area contributed by atoms with Crippen LogP contribution in [0.15, 0.2) is 89.3 Å². The maximum atomic E-state index is 9.73. The highest BCUT2D eigenvalue weighted by atomic mass is 16.4. The molecule has 4 aromatic carbocycles. The lowest BCUT2D eigenvalue weighted by molar-refractivity contribution is 0.426. The highest BCUT2D eigenvalue weighted by Gasteiger charge is 2.20. The van der Waals surface area contributed by atoms with Crippen molar-refractivity contribution < 1.29 is 14.5 Å². The van der Waals surface area contributed by atoms with E-state index in [2.05, 4.69) is 34.9 Å². The summed E-state index contributed by atoms with van der Waals surface area (Å²) in [7, 11) is -1.52. The smallest absolute Gasteiger partial charge is 0.455 e. The number of furan rings is 1. The minimum Gasteiger partial charge on any atom is -0.455 e. The van der Waals surface area contributed by atoms with Crippen molar-refractivity contribution in [1.29, 1.82) is 0 Å². The molecule has 0 spiro atoms. The second-order valence-electron chi connectivity index (χ2n) is 7.26. The SMILES string of the molecule is OB(O)c1ccc2c(c1)c1c3oc4ccccc4c3ccc1n2-c1ccccc1. The van der Waals surface area contributed by atoms with Crippen LogP contribution in [0.4, 0.5) is 0 Å². The number of fused-ring (bicyclic) bond motifs is 7. The summed E-state index contributed by atoms with van der Waals surface area (Å²) >= 11 is 0. The van der Waals surface area contributed by atoms with E-state index >= 15 is 0 Å². The Bertz CT molecular complexity index is 1530. The number of nitrogens with zero attached hydrogens (tertiary/aromatic N) is 1. The van der Waals surface area contributed by atoms with Crippen LogP contribution in [0.5, 0.6) is 0 Å². The molecule has 0 aliphatic carbocycles. The van der Waals surface area contributed by atoms with Crippen molar-refractivity contribution >= 4 is 56.3 Å². The molecule has 6 aromatic rings. The first kappa shape index (κ1) is 16.4. The van der Waals surface area contributed by atoms with Crippen molar-refractivity contribution in [3.8, 4) is 5.69 Å². The monoisotopic (exact) mass is 377 g/mol. The quantitative estimate of drug-likeness (QED) is 0.441. The summed E-state index contributed by atoms with van der Waals surface area (Å²) in [5, 5.41) is 23.5. The third-order valence-corrected chi connectivity index (χ3v) is 5.61. The van der Waals surface area contributed by atoms with Crippen LogP contribution in [0.25, 0.3) is 49.4 Å². The van der Waals surface area contributed by atoms with Gasteiger partial charge in [0.25, 0.3) is 0 Å². The molecule has 0 saturated heterocycles. The van der Waals surface area contributed by atoms with Crippen molar-refractivity contribution in [2.24, 2.45) is 0 Å². The van der Waals surface area contributed by atoms with Crippen LogP contribution in [0, 0.1) is 0 Å². The van der Waals surface area contributed by atoms with Gasteiger partial charge in [-0.15, -0.1) is 0 Å². The van der Waals surface area contributed by atoms with Crippen LogP contribution in [-0.4, -0.2) is 21.7 Å². The second-order valence-corrected chi connectivity index (χ2v) is 7.26. The Morgan fingerprint density at radius 3 is 2.28 bits per heavy atom. The maximum absolute atomic E-state index is 9.73. The van der Waals surface area contributed by atoms with E-state index in [1.807, 2.05) is 48.5 Å². The molecule has 0 atom stereocenters. The Kier molecular flexibility index (Phi) is 3.39. The van der Waals surface area contributed by atoms with E-state index in [9.17, 15) is 10.0 Å². The van der Waals surface area contributed by atoms with E-state index in [1.165, 1.54) is 0 Å². The Morgan fingerprint density at radius 1 is 0.690 bits per heavy atom. The molecule has 2 aromatic heterocycles. The largest absolute Gasteiger partial charge is 0.488 e. The van der Waals surface area contributed by atoms with E-state index in [0.717, 1.165) is 49.4 Å². The van der Waals surface area contributed by atoms with Gasteiger partial charge in [-0.25, -0.2) is 0 Å². The standard InChI is InChI=1S/C24H16BNO3/c27-25(28)15-10-12-20-19(14-15)23-21(26(20)16-6-2-1-3-7-16)13-11-18-17-8-4-5-9-22(17)29-24(18)23/h1-14,27-28H. The molecule has 29 heavy (non-hydrogen) atoms. The third-order valence-electron chi connectivity index (χ3n) is 5.61. The molecule has 0 aliphatic heterocycles. The lowest BCUT2D eigenvalue weighted by atomic mass is 9.80. The predicted octanol–water partition coefficient (Wildman–Crippen LogP) is 4.36. The summed E-state index contributed by atoms with van der Waals surface area (Å²) in [4.78, 5) is 0. The van der Waals surface area contributed by atoms with Crippen LogP contribution >= 0.6 is 0 Å². The van der Waals surface area contributed by atoms with Gasteiger partial charge in [0.15, 0.2) is 0 Å². The molecular weight excluding hydrogens is 361 g/mol. The number of rotatable bonds is 2. The maximum Gasteiger partial charge on any atom is 0.488 e. The zero-order valence-corrected chi connectivity index (χ0v) is 15.4. The number of hydrogen-bond donors (Lipinski definition) is 2. The molecule has 138 valence electrons. The molecular formula is C24H16BNO3. The first-order valence-electron chi connectivity index (χ1n) is 9.52. The molecule has 5 heteroatoms. The summed E-state index contributed by atoms with van der Waals surface area (Å²) in [6.07, 6.45) is 0. The van der Waals surface area contributed by atoms with Crippen molar-refractivity contribution in [3.05, 3.63) is 84.9 Å². The Balaban J connectivity index is 1.86. The van der Waals surface area contributed by atoms with Gasteiger partial charge >= 0.3 is 7.12 Å². The molecule has 0 amide bonds. The first-order valence-corrected chi connectivity index (χ1v) is 9.52. The summed E-state index contributed by atoms with van der Waals surface area (Å²) in [6, 6.07) is 27.9. The summed E-state index contributed by atoms with van der Waals surface area (Å²) in [6.45, 7) is 0. The molecule has 4 nitrogen and oxygen atoms in total. The van der Waals surface area contributed by atoms with Gasteiger partial charge in [0.05, 0.1) is 16.4 Å². The number of benzene rings is 4. The molecule has 0 bridgehead atoms. The fourth-order valence-electron chi connectivity index (χ4n) is 4.32. The molecule has 2 heterocycles. The number of para-hydroxylation sites is 2. The zero-order chi connectivity index (χ0) is 19.5. The Morgan fingerprint density at radius 2 is 1.45 bits per heavy atom. The molecule has 0 unspecified atom stereocenters. The van der Waals surface area contributed by atoms with Gasteiger partial charge in [-0.05, 0) is 41.9 Å². The van der Waals surface area contributed by atoms with Crippen LogP contribution in [-0.2, 0) is 0 Å². The highest BCUT2D eigenvalue weighted by Crippen LogP contribution is 2.40. The van der Waals surface area contributed by atoms with Crippen LogP contribution < -0.4 is 5.46 Å². The van der Waals surface area contributed by atoms with E-state index in [4.69, 9.17) is 4.42 Å². The third kappa shape index (κ3) is 2.29. The fraction of sp³-hybridized carbons (Fsp3) is 0. The molecule has 0 aliphatic rings. The topological polar surface area (TPSA) is 58.5 Å². The number of aromatic nitrogens is 1. The van der Waals surface area contributed by atoms with Gasteiger partial charge in [-0.3, -0.25) is 0 Å². The minimum absolute atomic E-state index is 0.456. The normalized spacial score (nSPS) is 11.8. The molecule has 6 rings (SSSR count). The van der Waals surface area contributed by atoms with Gasteiger partial charge in [0, 0.05) is 21.8 Å². The van der Waals surface area contributed by atoms with Gasteiger partial charge < -0.3 is 19.0 Å². The molecule has 0 radical (unpaired) electrons. The van der Waals surface area contributed by atoms with Crippen molar-refractivity contribution in [3.63, 3.8) is 0 Å².